The van der Waals surface area contributed by atoms with Crippen molar-refractivity contribution in [1.29, 1.82) is 0 Å². The average Bonchev–Trinajstić information content (AvgIpc) is 3.19. The number of hydrogen-bond acceptors (Lipinski definition) is 1. The Hall–Kier alpha value is -1.77. The predicted octanol–water partition coefficient (Wildman–Crippen LogP) is 3.11. The number of rotatable bonds is 4. The molecule has 1 fully saturated rings. The predicted molar refractivity (Wildman–Crippen MR) is 73.0 cm³/mol. The van der Waals surface area contributed by atoms with E-state index < -0.39 is 0 Å². The summed E-state index contributed by atoms with van der Waals surface area (Å²) in [5, 5.41) is 5.64. The highest BCUT2D eigenvalue weighted by Gasteiger charge is 2.22. The number of amides is 2. The molecule has 0 aromatic heterocycles. The van der Waals surface area contributed by atoms with Crippen LogP contribution in [-0.4, -0.2) is 6.03 Å². The molecule has 2 amide bonds. The molecule has 0 atom stereocenters. The van der Waals surface area contributed by atoms with Gasteiger partial charge < -0.3 is 10.6 Å². The van der Waals surface area contributed by atoms with Crippen molar-refractivity contribution in [3.8, 4) is 0 Å². The Morgan fingerprint density at radius 3 is 2.78 bits per heavy atom. The standard InChI is InChI=1S/C15H20N2O/c1-11-5-3-4-6-14(11)10-17-15(18)16-9-12(2)13-7-8-13/h3-6,9,13H,7-8,10H2,1-2H3,(H2,16,17,18)/b12-9+. The highest BCUT2D eigenvalue weighted by Crippen LogP contribution is 2.35. The van der Waals surface area contributed by atoms with Crippen LogP contribution in [-0.2, 0) is 6.54 Å². The summed E-state index contributed by atoms with van der Waals surface area (Å²) in [4.78, 5) is 11.6. The van der Waals surface area contributed by atoms with Gasteiger partial charge in [-0.05, 0) is 43.7 Å². The third-order valence-electron chi connectivity index (χ3n) is 3.35. The molecule has 0 unspecified atom stereocenters. The molecule has 2 N–H and O–H groups in total. The largest absolute Gasteiger partial charge is 0.334 e. The Bertz CT molecular complexity index is 461. The maximum Gasteiger partial charge on any atom is 0.319 e. The summed E-state index contributed by atoms with van der Waals surface area (Å²) in [5.74, 6) is 0.696. The van der Waals surface area contributed by atoms with Crippen molar-refractivity contribution in [3.05, 3.63) is 47.2 Å². The minimum Gasteiger partial charge on any atom is -0.334 e. The SMILES string of the molecule is C/C(=C\NC(=O)NCc1ccccc1C)C1CC1. The molecule has 0 saturated heterocycles. The Morgan fingerprint density at radius 2 is 2.11 bits per heavy atom. The third-order valence-corrected chi connectivity index (χ3v) is 3.35. The molecule has 1 saturated carbocycles. The first-order valence-electron chi connectivity index (χ1n) is 6.42. The van der Waals surface area contributed by atoms with E-state index in [1.54, 1.807) is 0 Å². The van der Waals surface area contributed by atoms with Crippen molar-refractivity contribution >= 4 is 6.03 Å². The van der Waals surface area contributed by atoms with Gasteiger partial charge in [0.05, 0.1) is 0 Å². The molecule has 3 heteroatoms. The van der Waals surface area contributed by atoms with Crippen molar-refractivity contribution in [2.24, 2.45) is 5.92 Å². The molecular formula is C15H20N2O. The van der Waals surface area contributed by atoms with Crippen molar-refractivity contribution in [1.82, 2.24) is 10.6 Å². The number of carbonyl (C=O) groups excluding carboxylic acids is 1. The minimum absolute atomic E-state index is 0.141. The number of carbonyl (C=O) groups is 1. The van der Waals surface area contributed by atoms with Crippen molar-refractivity contribution in [3.63, 3.8) is 0 Å². The lowest BCUT2D eigenvalue weighted by Gasteiger charge is -2.08. The highest BCUT2D eigenvalue weighted by atomic mass is 16.2. The molecule has 18 heavy (non-hydrogen) atoms. The fourth-order valence-corrected chi connectivity index (χ4v) is 1.87. The first-order chi connectivity index (χ1) is 8.66. The Morgan fingerprint density at radius 1 is 1.39 bits per heavy atom. The fourth-order valence-electron chi connectivity index (χ4n) is 1.87. The van der Waals surface area contributed by atoms with Gasteiger partial charge in [-0.1, -0.05) is 29.8 Å². The van der Waals surface area contributed by atoms with Crippen molar-refractivity contribution in [2.45, 2.75) is 33.2 Å². The first-order valence-corrected chi connectivity index (χ1v) is 6.42. The second-order valence-corrected chi connectivity index (χ2v) is 4.92. The van der Waals surface area contributed by atoms with Crippen molar-refractivity contribution < 1.29 is 4.79 Å². The van der Waals surface area contributed by atoms with E-state index in [1.165, 1.54) is 24.0 Å². The minimum atomic E-state index is -0.141. The average molecular weight is 244 g/mol. The highest BCUT2D eigenvalue weighted by molar-refractivity contribution is 5.75. The van der Waals surface area contributed by atoms with E-state index >= 15 is 0 Å². The smallest absolute Gasteiger partial charge is 0.319 e. The zero-order valence-corrected chi connectivity index (χ0v) is 11.0. The molecule has 96 valence electrons. The Balaban J connectivity index is 1.78. The summed E-state index contributed by atoms with van der Waals surface area (Å²) in [6.07, 6.45) is 4.34. The molecular weight excluding hydrogens is 224 g/mol. The molecule has 1 aliphatic carbocycles. The van der Waals surface area contributed by atoms with Crippen LogP contribution in [0, 0.1) is 12.8 Å². The van der Waals surface area contributed by atoms with Gasteiger partial charge in [0, 0.05) is 12.7 Å². The summed E-state index contributed by atoms with van der Waals surface area (Å²) < 4.78 is 0. The molecule has 0 spiro atoms. The Labute approximate surface area is 108 Å². The zero-order valence-electron chi connectivity index (χ0n) is 11.0. The summed E-state index contributed by atoms with van der Waals surface area (Å²) in [5.41, 5.74) is 3.61. The number of benzene rings is 1. The van der Waals surface area contributed by atoms with E-state index in [-0.39, 0.29) is 6.03 Å². The quantitative estimate of drug-likeness (QED) is 0.839. The van der Waals surface area contributed by atoms with Gasteiger partial charge in [-0.25, -0.2) is 4.79 Å². The van der Waals surface area contributed by atoms with Crippen LogP contribution < -0.4 is 10.6 Å². The summed E-state index contributed by atoms with van der Waals surface area (Å²) >= 11 is 0. The van der Waals surface area contributed by atoms with E-state index in [0.29, 0.717) is 12.5 Å². The molecule has 0 bridgehead atoms. The van der Waals surface area contributed by atoms with E-state index in [4.69, 9.17) is 0 Å². The fraction of sp³-hybridized carbons (Fsp3) is 0.400. The van der Waals surface area contributed by atoms with Crippen LogP contribution in [0.15, 0.2) is 36.0 Å². The topological polar surface area (TPSA) is 41.1 Å². The molecule has 1 aromatic carbocycles. The van der Waals surface area contributed by atoms with Crippen LogP contribution >= 0.6 is 0 Å². The normalized spacial score (nSPS) is 15.3. The van der Waals surface area contributed by atoms with Gasteiger partial charge in [-0.2, -0.15) is 0 Å². The molecule has 0 aliphatic heterocycles. The monoisotopic (exact) mass is 244 g/mol. The van der Waals surface area contributed by atoms with Crippen LogP contribution in [0.2, 0.25) is 0 Å². The van der Waals surface area contributed by atoms with Crippen LogP contribution in [0.25, 0.3) is 0 Å². The van der Waals surface area contributed by atoms with Gasteiger partial charge in [0.15, 0.2) is 0 Å². The second-order valence-electron chi connectivity index (χ2n) is 4.92. The van der Waals surface area contributed by atoms with Crippen LogP contribution in [0.4, 0.5) is 4.79 Å². The number of allylic oxidation sites excluding steroid dienone is 1. The summed E-state index contributed by atoms with van der Waals surface area (Å²) in [6.45, 7) is 4.68. The molecule has 1 aromatic rings. The van der Waals surface area contributed by atoms with E-state index in [1.807, 2.05) is 37.4 Å². The van der Waals surface area contributed by atoms with Gasteiger partial charge in [0.25, 0.3) is 0 Å². The molecule has 0 radical (unpaired) electrons. The van der Waals surface area contributed by atoms with Gasteiger partial charge in [0.1, 0.15) is 0 Å². The maximum absolute atomic E-state index is 11.6. The number of hydrogen-bond donors (Lipinski definition) is 2. The maximum atomic E-state index is 11.6. The Kier molecular flexibility index (Phi) is 4.03. The summed E-state index contributed by atoms with van der Waals surface area (Å²) in [6, 6.07) is 7.92. The molecule has 2 rings (SSSR count). The first kappa shape index (κ1) is 12.7. The number of urea groups is 1. The van der Waals surface area contributed by atoms with Crippen LogP contribution in [0.5, 0.6) is 0 Å². The molecule has 0 heterocycles. The zero-order chi connectivity index (χ0) is 13.0. The third kappa shape index (κ3) is 3.62. The van der Waals surface area contributed by atoms with E-state index in [0.717, 1.165) is 5.56 Å². The van der Waals surface area contributed by atoms with E-state index in [2.05, 4.69) is 17.6 Å². The van der Waals surface area contributed by atoms with Crippen molar-refractivity contribution in [2.75, 3.05) is 0 Å². The number of aryl methyl sites for hydroxylation is 1. The lowest BCUT2D eigenvalue weighted by molar-refractivity contribution is 0.243. The summed E-state index contributed by atoms with van der Waals surface area (Å²) in [7, 11) is 0. The number of nitrogens with one attached hydrogen (secondary N) is 2. The molecule has 3 nitrogen and oxygen atoms in total. The van der Waals surface area contributed by atoms with Gasteiger partial charge in [0.2, 0.25) is 0 Å². The lowest BCUT2D eigenvalue weighted by atomic mass is 10.1. The van der Waals surface area contributed by atoms with Crippen LogP contribution in [0.3, 0.4) is 0 Å². The van der Waals surface area contributed by atoms with Gasteiger partial charge >= 0.3 is 6.03 Å². The van der Waals surface area contributed by atoms with Crippen LogP contribution in [0.1, 0.15) is 30.9 Å². The van der Waals surface area contributed by atoms with Gasteiger partial charge in [-0.3, -0.25) is 0 Å². The molecule has 1 aliphatic rings. The van der Waals surface area contributed by atoms with E-state index in [9.17, 15) is 4.79 Å². The lowest BCUT2D eigenvalue weighted by Crippen LogP contribution is -2.32. The van der Waals surface area contributed by atoms with Gasteiger partial charge in [-0.15, -0.1) is 0 Å². The second kappa shape index (κ2) is 5.71.